The number of anilines is 1. The number of hydrogen-bond donors (Lipinski definition) is 2. The van der Waals surface area contributed by atoms with E-state index in [1.807, 2.05) is 0 Å². The number of nitrogens with one attached hydrogen (secondary N) is 1. The van der Waals surface area contributed by atoms with Gasteiger partial charge in [-0.15, -0.1) is 0 Å². The standard InChI is InChI=1S/C15H23N3O/c1-4-11-5-7-12(8-6-11)18-13(9-16)14(19)17-10-15(18,2)3/h5-8,13H,4,9-10,16H2,1-3H3,(H,17,19). The van der Waals surface area contributed by atoms with E-state index in [0.717, 1.165) is 12.1 Å². The van der Waals surface area contributed by atoms with Crippen LogP contribution in [0.3, 0.4) is 0 Å². The number of nitrogens with zero attached hydrogens (tertiary/aromatic N) is 1. The van der Waals surface area contributed by atoms with Crippen molar-refractivity contribution in [3.8, 4) is 0 Å². The Kier molecular flexibility index (Phi) is 3.80. The number of piperazine rings is 1. The molecule has 104 valence electrons. The van der Waals surface area contributed by atoms with E-state index < -0.39 is 0 Å². The van der Waals surface area contributed by atoms with Crippen molar-refractivity contribution >= 4 is 11.6 Å². The van der Waals surface area contributed by atoms with Gasteiger partial charge in [0.05, 0.1) is 5.54 Å². The van der Waals surface area contributed by atoms with Crippen LogP contribution >= 0.6 is 0 Å². The quantitative estimate of drug-likeness (QED) is 0.862. The van der Waals surface area contributed by atoms with E-state index in [0.29, 0.717) is 13.1 Å². The molecule has 1 aromatic rings. The predicted octanol–water partition coefficient (Wildman–Crippen LogP) is 1.29. The fourth-order valence-electron chi connectivity index (χ4n) is 2.68. The van der Waals surface area contributed by atoms with Crippen molar-refractivity contribution in [2.75, 3.05) is 18.0 Å². The molecule has 1 aliphatic rings. The zero-order valence-electron chi connectivity index (χ0n) is 11.9. The number of hydrogen-bond acceptors (Lipinski definition) is 3. The second-order valence-electron chi connectivity index (χ2n) is 5.67. The molecule has 1 fully saturated rings. The summed E-state index contributed by atoms with van der Waals surface area (Å²) in [5, 5.41) is 2.93. The van der Waals surface area contributed by atoms with Gasteiger partial charge in [-0.1, -0.05) is 19.1 Å². The van der Waals surface area contributed by atoms with Gasteiger partial charge in [0.25, 0.3) is 0 Å². The average Bonchev–Trinajstić information content (AvgIpc) is 2.41. The van der Waals surface area contributed by atoms with E-state index >= 15 is 0 Å². The van der Waals surface area contributed by atoms with Gasteiger partial charge in [0.15, 0.2) is 0 Å². The molecule has 0 saturated carbocycles. The highest BCUT2D eigenvalue weighted by Crippen LogP contribution is 2.29. The van der Waals surface area contributed by atoms with Crippen molar-refractivity contribution in [3.05, 3.63) is 29.8 Å². The first-order chi connectivity index (χ1) is 8.99. The Morgan fingerprint density at radius 3 is 2.53 bits per heavy atom. The zero-order chi connectivity index (χ0) is 14.0. The van der Waals surface area contributed by atoms with Gasteiger partial charge in [-0.25, -0.2) is 0 Å². The van der Waals surface area contributed by atoms with Gasteiger partial charge < -0.3 is 16.0 Å². The Balaban J connectivity index is 2.38. The normalized spacial score (nSPS) is 22.2. The van der Waals surface area contributed by atoms with Gasteiger partial charge in [0, 0.05) is 18.8 Å². The molecule has 4 heteroatoms. The highest BCUT2D eigenvalue weighted by atomic mass is 16.2. The summed E-state index contributed by atoms with van der Waals surface area (Å²) in [5.74, 6) is 0.0152. The third-order valence-electron chi connectivity index (χ3n) is 3.81. The number of rotatable bonds is 3. The number of nitrogens with two attached hydrogens (primary N) is 1. The van der Waals surface area contributed by atoms with Gasteiger partial charge in [-0.05, 0) is 38.0 Å². The molecular weight excluding hydrogens is 238 g/mol. The zero-order valence-corrected chi connectivity index (χ0v) is 11.9. The van der Waals surface area contributed by atoms with E-state index in [-0.39, 0.29) is 17.5 Å². The summed E-state index contributed by atoms with van der Waals surface area (Å²) < 4.78 is 0. The molecule has 1 aromatic carbocycles. The fourth-order valence-corrected chi connectivity index (χ4v) is 2.68. The molecule has 0 spiro atoms. The average molecular weight is 261 g/mol. The molecule has 0 aromatic heterocycles. The number of benzene rings is 1. The van der Waals surface area contributed by atoms with Crippen LogP contribution in [0.4, 0.5) is 5.69 Å². The van der Waals surface area contributed by atoms with Crippen molar-refractivity contribution in [2.45, 2.75) is 38.8 Å². The molecule has 1 heterocycles. The van der Waals surface area contributed by atoms with E-state index in [1.54, 1.807) is 0 Å². The first-order valence-corrected chi connectivity index (χ1v) is 6.85. The van der Waals surface area contributed by atoms with Crippen molar-refractivity contribution < 1.29 is 4.79 Å². The second kappa shape index (κ2) is 5.21. The van der Waals surface area contributed by atoms with Crippen molar-refractivity contribution in [1.82, 2.24) is 5.32 Å². The Morgan fingerprint density at radius 2 is 2.00 bits per heavy atom. The van der Waals surface area contributed by atoms with Crippen LogP contribution in [-0.2, 0) is 11.2 Å². The molecule has 4 nitrogen and oxygen atoms in total. The first kappa shape index (κ1) is 13.9. The first-order valence-electron chi connectivity index (χ1n) is 6.85. The largest absolute Gasteiger partial charge is 0.352 e. The molecule has 1 atom stereocenters. The summed E-state index contributed by atoms with van der Waals surface area (Å²) in [4.78, 5) is 14.1. The van der Waals surface area contributed by atoms with Crippen LogP contribution in [0.25, 0.3) is 0 Å². The Labute approximate surface area is 115 Å². The van der Waals surface area contributed by atoms with Crippen LogP contribution in [0.15, 0.2) is 24.3 Å². The Hall–Kier alpha value is -1.55. The number of aryl methyl sites for hydroxylation is 1. The fraction of sp³-hybridized carbons (Fsp3) is 0.533. The molecule has 1 aliphatic heterocycles. The summed E-state index contributed by atoms with van der Waals surface area (Å²) in [6.07, 6.45) is 1.02. The molecule has 3 N–H and O–H groups in total. The van der Waals surface area contributed by atoms with Crippen LogP contribution in [0.5, 0.6) is 0 Å². The van der Waals surface area contributed by atoms with Crippen molar-refractivity contribution in [2.24, 2.45) is 5.73 Å². The predicted molar refractivity (Wildman–Crippen MR) is 78.2 cm³/mol. The molecule has 0 bridgehead atoms. The van der Waals surface area contributed by atoms with Crippen LogP contribution in [0.2, 0.25) is 0 Å². The monoisotopic (exact) mass is 261 g/mol. The minimum atomic E-state index is -0.295. The van der Waals surface area contributed by atoms with Gasteiger partial charge in [0.1, 0.15) is 6.04 Å². The number of amides is 1. The SMILES string of the molecule is CCc1ccc(N2C(CN)C(=O)NCC2(C)C)cc1. The summed E-state index contributed by atoms with van der Waals surface area (Å²) in [7, 11) is 0. The maximum absolute atomic E-state index is 12.0. The molecule has 0 aliphatic carbocycles. The van der Waals surface area contributed by atoms with Crippen LogP contribution in [-0.4, -0.2) is 30.6 Å². The van der Waals surface area contributed by atoms with Crippen LogP contribution in [0, 0.1) is 0 Å². The van der Waals surface area contributed by atoms with E-state index in [1.165, 1.54) is 5.56 Å². The Morgan fingerprint density at radius 1 is 1.37 bits per heavy atom. The molecule has 0 radical (unpaired) electrons. The maximum Gasteiger partial charge on any atom is 0.244 e. The molecule has 1 saturated heterocycles. The minimum absolute atomic E-state index is 0.0152. The summed E-state index contributed by atoms with van der Waals surface area (Å²) in [6.45, 7) is 7.35. The highest BCUT2D eigenvalue weighted by molar-refractivity contribution is 5.87. The molecule has 1 unspecified atom stereocenters. The number of carbonyl (C=O) groups is 1. The van der Waals surface area contributed by atoms with Gasteiger partial charge in [-0.3, -0.25) is 4.79 Å². The lowest BCUT2D eigenvalue weighted by molar-refractivity contribution is -0.124. The van der Waals surface area contributed by atoms with Crippen LogP contribution < -0.4 is 16.0 Å². The third kappa shape index (κ3) is 2.59. The smallest absolute Gasteiger partial charge is 0.244 e. The Bertz CT molecular complexity index is 453. The summed E-state index contributed by atoms with van der Waals surface area (Å²) in [5.41, 5.74) is 8.02. The van der Waals surface area contributed by atoms with E-state index in [2.05, 4.69) is 55.3 Å². The van der Waals surface area contributed by atoms with Crippen LogP contribution in [0.1, 0.15) is 26.3 Å². The topological polar surface area (TPSA) is 58.4 Å². The minimum Gasteiger partial charge on any atom is -0.352 e. The molecule has 19 heavy (non-hydrogen) atoms. The van der Waals surface area contributed by atoms with Crippen molar-refractivity contribution in [1.29, 1.82) is 0 Å². The van der Waals surface area contributed by atoms with Crippen molar-refractivity contribution in [3.63, 3.8) is 0 Å². The lowest BCUT2D eigenvalue weighted by Crippen LogP contribution is -2.67. The number of carbonyl (C=O) groups excluding carboxylic acids is 1. The molecule has 2 rings (SSSR count). The summed E-state index contributed by atoms with van der Waals surface area (Å²) >= 11 is 0. The third-order valence-corrected chi connectivity index (χ3v) is 3.81. The lowest BCUT2D eigenvalue weighted by atomic mass is 9.94. The van der Waals surface area contributed by atoms with Gasteiger partial charge in [0.2, 0.25) is 5.91 Å². The van der Waals surface area contributed by atoms with E-state index in [9.17, 15) is 4.79 Å². The molecule has 1 amide bonds. The molecular formula is C15H23N3O. The maximum atomic E-state index is 12.0. The lowest BCUT2D eigenvalue weighted by Gasteiger charge is -2.48. The second-order valence-corrected chi connectivity index (χ2v) is 5.67. The van der Waals surface area contributed by atoms with Gasteiger partial charge >= 0.3 is 0 Å². The highest BCUT2D eigenvalue weighted by Gasteiger charge is 2.40. The van der Waals surface area contributed by atoms with E-state index in [4.69, 9.17) is 5.73 Å². The summed E-state index contributed by atoms with van der Waals surface area (Å²) in [6, 6.07) is 8.11. The van der Waals surface area contributed by atoms with Gasteiger partial charge in [-0.2, -0.15) is 0 Å².